The second kappa shape index (κ2) is 15.8. The van der Waals surface area contributed by atoms with Crippen LogP contribution < -0.4 is 0 Å². The van der Waals surface area contributed by atoms with Crippen LogP contribution in [0, 0.1) is 17.9 Å². The highest BCUT2D eigenvalue weighted by molar-refractivity contribution is 6.13. The maximum atomic E-state index is 11.6. The fourth-order valence-corrected chi connectivity index (χ4v) is 9.58. The van der Waals surface area contributed by atoms with Gasteiger partial charge in [-0.3, -0.25) is 9.97 Å². The first kappa shape index (κ1) is 38.3. The average molecular weight is 841 g/mol. The summed E-state index contributed by atoms with van der Waals surface area (Å²) in [5, 5.41) is 15.9. The molecule has 0 saturated heterocycles. The molecule has 8 aromatic carbocycles. The van der Waals surface area contributed by atoms with Gasteiger partial charge in [-0.1, -0.05) is 146 Å². The van der Waals surface area contributed by atoms with Crippen LogP contribution in [-0.2, 0) is 0 Å². The van der Waals surface area contributed by atoms with E-state index in [4.69, 9.17) is 16.5 Å². The molecule has 0 unspecified atom stereocenters. The molecule has 6 nitrogen and oxygen atoms in total. The van der Waals surface area contributed by atoms with E-state index in [1.807, 2.05) is 73.1 Å². The Labute approximate surface area is 381 Å². The van der Waals surface area contributed by atoms with Gasteiger partial charge in [0, 0.05) is 61.8 Å². The Balaban J connectivity index is 1.07. The zero-order valence-corrected chi connectivity index (χ0v) is 35.5. The Hall–Kier alpha value is -9.36. The average Bonchev–Trinajstić information content (AvgIpc) is 3.90. The largest absolute Gasteiger partial charge is 0.308 e. The molecule has 0 aliphatic heterocycles. The van der Waals surface area contributed by atoms with Gasteiger partial charge in [0.15, 0.2) is 5.69 Å². The molecule has 4 heterocycles. The van der Waals surface area contributed by atoms with Crippen LogP contribution in [-0.4, -0.2) is 19.1 Å². The highest BCUT2D eigenvalue weighted by Crippen LogP contribution is 2.43. The third-order valence-electron chi connectivity index (χ3n) is 12.7. The summed E-state index contributed by atoms with van der Waals surface area (Å²) in [6.07, 6.45) is 3.88. The van der Waals surface area contributed by atoms with E-state index in [2.05, 4.69) is 166 Å². The Morgan fingerprint density at radius 1 is 0.409 bits per heavy atom. The molecule has 4 aromatic heterocycles. The molecule has 12 aromatic rings. The maximum Gasteiger partial charge on any atom is 0.187 e. The number of hydrogen-bond donors (Lipinski definition) is 0. The lowest BCUT2D eigenvalue weighted by Gasteiger charge is -2.20. The second-order valence-electron chi connectivity index (χ2n) is 16.4. The number of nitrogens with zero attached hydrogens (tertiary/aromatic N) is 6. The van der Waals surface area contributed by atoms with E-state index >= 15 is 0 Å². The zero-order valence-electron chi connectivity index (χ0n) is 35.5. The van der Waals surface area contributed by atoms with Crippen molar-refractivity contribution in [1.29, 1.82) is 5.26 Å². The number of pyridine rings is 2. The van der Waals surface area contributed by atoms with Crippen molar-refractivity contribution in [3.05, 3.63) is 236 Å². The number of para-hydroxylation sites is 2. The van der Waals surface area contributed by atoms with Crippen molar-refractivity contribution in [1.82, 2.24) is 19.1 Å². The third kappa shape index (κ3) is 6.33. The van der Waals surface area contributed by atoms with Crippen LogP contribution >= 0.6 is 0 Å². The van der Waals surface area contributed by atoms with Gasteiger partial charge in [-0.15, -0.1) is 0 Å². The van der Waals surface area contributed by atoms with Crippen LogP contribution in [0.25, 0.3) is 116 Å². The van der Waals surface area contributed by atoms with E-state index < -0.39 is 0 Å². The van der Waals surface area contributed by atoms with E-state index in [0.717, 1.165) is 111 Å². The molecule has 0 atom stereocenters. The highest BCUT2D eigenvalue weighted by Gasteiger charge is 2.25. The fraction of sp³-hybridized carbons (Fsp3) is 0. The number of benzene rings is 8. The number of nitriles is 1. The van der Waals surface area contributed by atoms with Crippen LogP contribution in [0.5, 0.6) is 0 Å². The van der Waals surface area contributed by atoms with Gasteiger partial charge in [0.05, 0.1) is 51.4 Å². The van der Waals surface area contributed by atoms with Gasteiger partial charge >= 0.3 is 0 Å². The first-order chi connectivity index (χ1) is 32.6. The quantitative estimate of drug-likeness (QED) is 0.150. The summed E-state index contributed by atoms with van der Waals surface area (Å²) in [4.78, 5) is 13.5. The van der Waals surface area contributed by atoms with Crippen LogP contribution in [0.2, 0.25) is 0 Å². The number of rotatable bonds is 7. The van der Waals surface area contributed by atoms with Gasteiger partial charge in [-0.25, -0.2) is 4.85 Å². The van der Waals surface area contributed by atoms with Crippen LogP contribution in [0.15, 0.2) is 219 Å². The minimum atomic E-state index is 0.514. The lowest BCUT2D eigenvalue weighted by molar-refractivity contribution is 1.12. The van der Waals surface area contributed by atoms with Crippen molar-refractivity contribution < 1.29 is 0 Å². The van der Waals surface area contributed by atoms with Crippen molar-refractivity contribution in [3.63, 3.8) is 0 Å². The predicted octanol–water partition coefficient (Wildman–Crippen LogP) is 15.4. The van der Waals surface area contributed by atoms with Crippen molar-refractivity contribution in [2.75, 3.05) is 0 Å². The summed E-state index contributed by atoms with van der Waals surface area (Å²) in [5.41, 5.74) is 16.3. The smallest absolute Gasteiger partial charge is 0.187 e. The second-order valence-corrected chi connectivity index (χ2v) is 16.4. The molecule has 12 rings (SSSR count). The molecule has 0 spiro atoms. The van der Waals surface area contributed by atoms with Gasteiger partial charge in [0.2, 0.25) is 0 Å². The van der Waals surface area contributed by atoms with Gasteiger partial charge < -0.3 is 9.13 Å². The molecule has 306 valence electrons. The van der Waals surface area contributed by atoms with E-state index in [9.17, 15) is 5.26 Å². The van der Waals surface area contributed by atoms with Crippen LogP contribution in [0.4, 0.5) is 5.69 Å². The minimum absolute atomic E-state index is 0.514. The molecule has 0 saturated carbocycles. The number of fused-ring (bicyclic) bond motifs is 6. The molecule has 0 fully saturated rings. The maximum absolute atomic E-state index is 11.6. The molecule has 0 bridgehead atoms. The van der Waals surface area contributed by atoms with Gasteiger partial charge in [-0.2, -0.15) is 5.26 Å². The molecule has 0 aliphatic carbocycles. The molecule has 66 heavy (non-hydrogen) atoms. The molecule has 0 amide bonds. The van der Waals surface area contributed by atoms with E-state index in [-0.39, 0.29) is 0 Å². The molecule has 0 aliphatic rings. The number of aromatic nitrogens is 4. The molecule has 0 N–H and O–H groups in total. The normalized spacial score (nSPS) is 11.3. The SMILES string of the molecule is [C-]#[N+]c1cccc(-c2ccc(-n3c4ccccc4c4cc(-c5ccc(-c6ccccc6)nc5)ccc43)c(C#N)c2-n2c3ccccc3c3cc(-c4ccc(-c5ccccc5)nc4)ccc32)c1. The Morgan fingerprint density at radius 3 is 1.45 bits per heavy atom. The van der Waals surface area contributed by atoms with Crippen LogP contribution in [0.1, 0.15) is 5.56 Å². The first-order valence-corrected chi connectivity index (χ1v) is 21.8. The first-order valence-electron chi connectivity index (χ1n) is 21.8. The minimum Gasteiger partial charge on any atom is -0.308 e. The van der Waals surface area contributed by atoms with Crippen LogP contribution in [0.3, 0.4) is 0 Å². The highest BCUT2D eigenvalue weighted by atomic mass is 15.0. The summed E-state index contributed by atoms with van der Waals surface area (Å²) in [7, 11) is 0. The lowest BCUT2D eigenvalue weighted by atomic mass is 9.97. The van der Waals surface area contributed by atoms with Crippen molar-refractivity contribution in [2.24, 2.45) is 0 Å². The summed E-state index contributed by atoms with van der Waals surface area (Å²) in [6, 6.07) is 73.3. The molecular formula is C60H36N6. The van der Waals surface area contributed by atoms with Gasteiger partial charge in [0.1, 0.15) is 11.6 Å². The fourth-order valence-electron chi connectivity index (χ4n) is 9.58. The Bertz CT molecular complexity index is 3920. The van der Waals surface area contributed by atoms with Gasteiger partial charge in [-0.05, 0) is 77.4 Å². The van der Waals surface area contributed by atoms with E-state index in [1.165, 1.54) is 0 Å². The standard InChI is InChI=1S/C60H36N6/c1-62-46-18-12-17-43(33-46)47-27-32-59(65-55-21-10-8-19-48(55)50-34-41(25-30-57(50)65)44-23-28-53(63-37-44)39-13-4-2-5-14-39)52(36-61)60(47)66-56-22-11-9-20-49(56)51-35-42(26-31-58(51)66)45-24-29-54(64-38-45)40-15-6-3-7-16-40/h2-35,37-38H. The zero-order chi connectivity index (χ0) is 44.1. The van der Waals surface area contributed by atoms with E-state index in [1.54, 1.807) is 0 Å². The van der Waals surface area contributed by atoms with Crippen molar-refractivity contribution in [2.45, 2.75) is 0 Å². The molecular weight excluding hydrogens is 805 g/mol. The predicted molar refractivity (Wildman–Crippen MR) is 269 cm³/mol. The third-order valence-corrected chi connectivity index (χ3v) is 12.7. The molecule has 0 radical (unpaired) electrons. The van der Waals surface area contributed by atoms with Crippen molar-refractivity contribution in [3.8, 4) is 73.3 Å². The monoisotopic (exact) mass is 840 g/mol. The summed E-state index contributed by atoms with van der Waals surface area (Å²) in [5.74, 6) is 0. The molecule has 6 heteroatoms. The van der Waals surface area contributed by atoms with Crippen molar-refractivity contribution >= 4 is 49.3 Å². The van der Waals surface area contributed by atoms with Gasteiger partial charge in [0.25, 0.3) is 0 Å². The summed E-state index contributed by atoms with van der Waals surface area (Å²) >= 11 is 0. The summed E-state index contributed by atoms with van der Waals surface area (Å²) < 4.78 is 4.47. The lowest BCUT2D eigenvalue weighted by Crippen LogP contribution is -2.06. The number of hydrogen-bond acceptors (Lipinski definition) is 3. The summed E-state index contributed by atoms with van der Waals surface area (Å²) in [6.45, 7) is 7.89. The Morgan fingerprint density at radius 2 is 0.909 bits per heavy atom. The Kier molecular flexibility index (Phi) is 9.16. The topological polar surface area (TPSA) is 63.8 Å². The van der Waals surface area contributed by atoms with E-state index in [0.29, 0.717) is 11.3 Å².